The summed E-state index contributed by atoms with van der Waals surface area (Å²) in [7, 11) is 0. The van der Waals surface area contributed by atoms with Crippen LogP contribution in [0.2, 0.25) is 5.02 Å². The molecule has 1 aromatic rings. The van der Waals surface area contributed by atoms with E-state index in [2.05, 4.69) is 5.32 Å². The predicted octanol–water partition coefficient (Wildman–Crippen LogP) is 2.34. The Morgan fingerprint density at radius 2 is 2.00 bits per heavy atom. The van der Waals surface area contributed by atoms with Crippen molar-refractivity contribution in [2.75, 3.05) is 19.8 Å². The van der Waals surface area contributed by atoms with E-state index in [1.54, 1.807) is 30.3 Å². The van der Waals surface area contributed by atoms with Crippen molar-refractivity contribution < 1.29 is 19.1 Å². The Bertz CT molecular complexity index is 485. The van der Waals surface area contributed by atoms with Gasteiger partial charge >= 0.3 is 5.97 Å². The molecule has 1 rings (SSSR count). The van der Waals surface area contributed by atoms with E-state index in [4.69, 9.17) is 21.1 Å². The van der Waals surface area contributed by atoms with Crippen molar-refractivity contribution in [2.45, 2.75) is 13.3 Å². The Morgan fingerprint density at radius 1 is 1.29 bits per heavy atom. The summed E-state index contributed by atoms with van der Waals surface area (Å²) in [6.45, 7) is 2.24. The van der Waals surface area contributed by atoms with Gasteiger partial charge in [-0.15, -0.1) is 0 Å². The number of halogens is 1. The van der Waals surface area contributed by atoms with Crippen LogP contribution in [0.5, 0.6) is 5.75 Å². The molecule has 0 heterocycles. The molecule has 1 amide bonds. The van der Waals surface area contributed by atoms with Crippen LogP contribution >= 0.6 is 11.6 Å². The summed E-state index contributed by atoms with van der Waals surface area (Å²) < 4.78 is 10.1. The average Bonchev–Trinajstić information content (AvgIpc) is 2.49. The molecule has 1 N–H and O–H groups in total. The molecule has 0 saturated carbocycles. The summed E-state index contributed by atoms with van der Waals surface area (Å²) in [4.78, 5) is 22.5. The minimum absolute atomic E-state index is 0.298. The van der Waals surface area contributed by atoms with Crippen LogP contribution < -0.4 is 10.1 Å². The van der Waals surface area contributed by atoms with Crippen LogP contribution in [0.25, 0.3) is 0 Å². The zero-order valence-electron chi connectivity index (χ0n) is 11.8. The van der Waals surface area contributed by atoms with E-state index >= 15 is 0 Å². The van der Waals surface area contributed by atoms with E-state index in [0.29, 0.717) is 23.9 Å². The van der Waals surface area contributed by atoms with Crippen LogP contribution in [0.1, 0.15) is 13.3 Å². The van der Waals surface area contributed by atoms with Crippen LogP contribution in [-0.2, 0) is 14.3 Å². The number of carbonyl (C=O) groups is 2. The molecule has 1 aromatic carbocycles. The second-order valence-corrected chi connectivity index (χ2v) is 4.51. The highest BCUT2D eigenvalue weighted by Crippen LogP contribution is 2.14. The third-order valence-electron chi connectivity index (χ3n) is 2.34. The van der Waals surface area contributed by atoms with Crippen molar-refractivity contribution in [1.82, 2.24) is 5.32 Å². The first-order valence-corrected chi connectivity index (χ1v) is 6.98. The van der Waals surface area contributed by atoms with E-state index in [0.717, 1.165) is 6.42 Å². The molecular weight excluding hydrogens is 294 g/mol. The fourth-order valence-electron chi connectivity index (χ4n) is 1.34. The fourth-order valence-corrected chi connectivity index (χ4v) is 1.47. The molecule has 0 unspecified atom stereocenters. The van der Waals surface area contributed by atoms with Gasteiger partial charge in [0.15, 0.2) is 6.61 Å². The molecule has 114 valence electrons. The molecule has 21 heavy (non-hydrogen) atoms. The maximum Gasteiger partial charge on any atom is 0.330 e. The number of benzene rings is 1. The quantitative estimate of drug-likeness (QED) is 0.455. The van der Waals surface area contributed by atoms with Gasteiger partial charge in [-0.25, -0.2) is 4.79 Å². The molecule has 0 spiro atoms. The zero-order chi connectivity index (χ0) is 15.5. The molecule has 5 nitrogen and oxygen atoms in total. The number of rotatable bonds is 8. The first-order valence-electron chi connectivity index (χ1n) is 6.60. The number of esters is 1. The van der Waals surface area contributed by atoms with Gasteiger partial charge in [-0.3, -0.25) is 4.79 Å². The third-order valence-corrected chi connectivity index (χ3v) is 2.59. The Kier molecular flexibility index (Phi) is 7.97. The van der Waals surface area contributed by atoms with Gasteiger partial charge in [-0.1, -0.05) is 24.6 Å². The third kappa shape index (κ3) is 7.99. The summed E-state index contributed by atoms with van der Waals surface area (Å²) in [5, 5.41) is 3.22. The highest BCUT2D eigenvalue weighted by Gasteiger charge is 2.04. The van der Waals surface area contributed by atoms with Crippen LogP contribution in [0, 0.1) is 0 Å². The lowest BCUT2D eigenvalue weighted by Gasteiger charge is -2.07. The molecule has 0 aromatic heterocycles. The monoisotopic (exact) mass is 311 g/mol. The van der Waals surface area contributed by atoms with Gasteiger partial charge in [0.1, 0.15) is 12.4 Å². The van der Waals surface area contributed by atoms with Crippen LogP contribution in [0.4, 0.5) is 0 Å². The Balaban J connectivity index is 2.12. The van der Waals surface area contributed by atoms with Gasteiger partial charge < -0.3 is 14.8 Å². The second-order valence-electron chi connectivity index (χ2n) is 4.07. The lowest BCUT2D eigenvalue weighted by Crippen LogP contribution is -2.31. The number of amides is 1. The molecule has 0 fully saturated rings. The van der Waals surface area contributed by atoms with Crippen LogP contribution in [0.15, 0.2) is 36.4 Å². The molecule has 0 aliphatic rings. The summed E-state index contributed by atoms with van der Waals surface area (Å²) in [5.74, 6) is -0.220. The summed E-state index contributed by atoms with van der Waals surface area (Å²) in [6, 6.07) is 6.93. The minimum atomic E-state index is -0.524. The van der Waals surface area contributed by atoms with Crippen molar-refractivity contribution in [1.29, 1.82) is 0 Å². The van der Waals surface area contributed by atoms with E-state index in [1.165, 1.54) is 6.08 Å². The SMILES string of the molecule is CC/C=C/C(=O)OCC(=O)NCCOc1ccc(Cl)cc1. The van der Waals surface area contributed by atoms with E-state index in [9.17, 15) is 9.59 Å². The Labute approximate surface area is 128 Å². The predicted molar refractivity (Wildman–Crippen MR) is 80.3 cm³/mol. The Hall–Kier alpha value is -2.01. The van der Waals surface area contributed by atoms with E-state index in [1.807, 2.05) is 6.92 Å². The van der Waals surface area contributed by atoms with Gasteiger partial charge in [0.2, 0.25) is 0 Å². The molecule has 6 heteroatoms. The normalized spacial score (nSPS) is 10.4. The summed E-state index contributed by atoms with van der Waals surface area (Å²) in [6.07, 6.45) is 3.71. The van der Waals surface area contributed by atoms with Crippen LogP contribution in [0.3, 0.4) is 0 Å². The molecule has 0 saturated heterocycles. The minimum Gasteiger partial charge on any atom is -0.492 e. The van der Waals surface area contributed by atoms with Crippen molar-refractivity contribution in [3.05, 3.63) is 41.4 Å². The van der Waals surface area contributed by atoms with Gasteiger partial charge in [-0.2, -0.15) is 0 Å². The largest absolute Gasteiger partial charge is 0.492 e. The van der Waals surface area contributed by atoms with E-state index < -0.39 is 5.97 Å². The highest BCUT2D eigenvalue weighted by atomic mass is 35.5. The maximum atomic E-state index is 11.4. The number of ether oxygens (including phenoxy) is 2. The van der Waals surface area contributed by atoms with Gasteiger partial charge in [0.25, 0.3) is 5.91 Å². The van der Waals surface area contributed by atoms with Gasteiger partial charge in [0.05, 0.1) is 6.54 Å². The fraction of sp³-hybridized carbons (Fsp3) is 0.333. The number of carbonyl (C=O) groups excluding carboxylic acids is 2. The van der Waals surface area contributed by atoms with E-state index in [-0.39, 0.29) is 12.5 Å². The molecule has 0 aliphatic heterocycles. The lowest BCUT2D eigenvalue weighted by atomic mass is 10.3. The van der Waals surface area contributed by atoms with Crippen molar-refractivity contribution >= 4 is 23.5 Å². The number of hydrogen-bond acceptors (Lipinski definition) is 4. The number of hydrogen-bond donors (Lipinski definition) is 1. The second kappa shape index (κ2) is 9.83. The summed E-state index contributed by atoms with van der Waals surface area (Å²) >= 11 is 5.75. The molecule has 0 aliphatic carbocycles. The number of nitrogens with one attached hydrogen (secondary N) is 1. The standard InChI is InChI=1S/C15H18ClNO4/c1-2-3-4-15(19)21-11-14(18)17-9-10-20-13-7-5-12(16)6-8-13/h3-8H,2,9-11H2,1H3,(H,17,18)/b4-3+. The first-order chi connectivity index (χ1) is 10.1. The first kappa shape index (κ1) is 17.0. The molecular formula is C15H18ClNO4. The van der Waals surface area contributed by atoms with Gasteiger partial charge in [-0.05, 0) is 30.7 Å². The smallest absolute Gasteiger partial charge is 0.330 e. The number of allylic oxidation sites excluding steroid dienone is 1. The van der Waals surface area contributed by atoms with Crippen LogP contribution in [-0.4, -0.2) is 31.6 Å². The van der Waals surface area contributed by atoms with Crippen molar-refractivity contribution in [2.24, 2.45) is 0 Å². The topological polar surface area (TPSA) is 64.6 Å². The lowest BCUT2D eigenvalue weighted by molar-refractivity contribution is -0.143. The zero-order valence-corrected chi connectivity index (χ0v) is 12.6. The van der Waals surface area contributed by atoms with Gasteiger partial charge in [0, 0.05) is 11.1 Å². The molecule has 0 radical (unpaired) electrons. The van der Waals surface area contributed by atoms with Crippen molar-refractivity contribution in [3.8, 4) is 5.75 Å². The summed E-state index contributed by atoms with van der Waals surface area (Å²) in [5.41, 5.74) is 0. The molecule has 0 bridgehead atoms. The molecule has 0 atom stereocenters. The average molecular weight is 312 g/mol. The maximum absolute atomic E-state index is 11.4. The highest BCUT2D eigenvalue weighted by molar-refractivity contribution is 6.30. The Morgan fingerprint density at radius 3 is 2.67 bits per heavy atom. The van der Waals surface area contributed by atoms with Crippen molar-refractivity contribution in [3.63, 3.8) is 0 Å².